The lowest BCUT2D eigenvalue weighted by Gasteiger charge is -2.09. The molecule has 0 aliphatic heterocycles. The molecule has 0 fully saturated rings. The maximum Gasteiger partial charge on any atom is 0.133 e. The maximum atomic E-state index is 12.9. The summed E-state index contributed by atoms with van der Waals surface area (Å²) in [6.45, 7) is 0.811. The number of hydrogen-bond donors (Lipinski definition) is 0. The predicted octanol–water partition coefficient (Wildman–Crippen LogP) is 4.81. The van der Waals surface area contributed by atoms with Crippen LogP contribution in [0.15, 0.2) is 51.4 Å². The van der Waals surface area contributed by atoms with Crippen molar-refractivity contribution in [1.82, 2.24) is 0 Å². The average Bonchev–Trinajstić information content (AvgIpc) is 2.39. The molecule has 19 heavy (non-hydrogen) atoms. The van der Waals surface area contributed by atoms with Crippen LogP contribution in [0.2, 0.25) is 0 Å². The van der Waals surface area contributed by atoms with Crippen molar-refractivity contribution < 1.29 is 13.9 Å². The van der Waals surface area contributed by atoms with Crippen molar-refractivity contribution in [2.75, 3.05) is 13.2 Å². The van der Waals surface area contributed by atoms with Crippen LogP contribution in [0.1, 0.15) is 0 Å². The molecule has 0 aliphatic carbocycles. The van der Waals surface area contributed by atoms with E-state index in [-0.39, 0.29) is 5.82 Å². The second-order valence-electron chi connectivity index (χ2n) is 3.73. The van der Waals surface area contributed by atoms with Crippen molar-refractivity contribution in [1.29, 1.82) is 0 Å². The SMILES string of the molecule is Fc1ccc(OCCOc2ccc(Br)cc2)c(Br)c1. The van der Waals surface area contributed by atoms with Gasteiger partial charge in [-0.1, -0.05) is 15.9 Å². The lowest BCUT2D eigenvalue weighted by molar-refractivity contribution is 0.216. The molecule has 5 heteroatoms. The minimum atomic E-state index is -0.301. The molecule has 0 spiro atoms. The van der Waals surface area contributed by atoms with Gasteiger partial charge in [-0.25, -0.2) is 4.39 Å². The van der Waals surface area contributed by atoms with Gasteiger partial charge in [-0.3, -0.25) is 0 Å². The molecule has 0 atom stereocenters. The molecule has 0 radical (unpaired) electrons. The third kappa shape index (κ3) is 4.51. The van der Waals surface area contributed by atoms with Gasteiger partial charge in [0.25, 0.3) is 0 Å². The largest absolute Gasteiger partial charge is 0.490 e. The van der Waals surface area contributed by atoms with Gasteiger partial charge in [0.15, 0.2) is 0 Å². The molecule has 0 amide bonds. The molecule has 0 unspecified atom stereocenters. The maximum absolute atomic E-state index is 12.9. The second kappa shape index (κ2) is 6.91. The smallest absolute Gasteiger partial charge is 0.133 e. The van der Waals surface area contributed by atoms with E-state index in [0.717, 1.165) is 10.2 Å². The standard InChI is InChI=1S/C14H11Br2FO2/c15-10-1-4-12(5-2-10)18-7-8-19-14-6-3-11(17)9-13(14)16/h1-6,9H,7-8H2. The topological polar surface area (TPSA) is 18.5 Å². The fourth-order valence-electron chi connectivity index (χ4n) is 1.43. The molecule has 0 saturated heterocycles. The molecule has 0 aromatic heterocycles. The van der Waals surface area contributed by atoms with E-state index in [0.29, 0.717) is 23.4 Å². The Kier molecular flexibility index (Phi) is 5.22. The van der Waals surface area contributed by atoms with Crippen LogP contribution in [0.3, 0.4) is 0 Å². The van der Waals surface area contributed by atoms with Crippen LogP contribution >= 0.6 is 31.9 Å². The van der Waals surface area contributed by atoms with Gasteiger partial charge >= 0.3 is 0 Å². The second-order valence-corrected chi connectivity index (χ2v) is 5.50. The van der Waals surface area contributed by atoms with E-state index in [4.69, 9.17) is 9.47 Å². The van der Waals surface area contributed by atoms with Gasteiger partial charge in [0.1, 0.15) is 30.5 Å². The van der Waals surface area contributed by atoms with Crippen LogP contribution in [0, 0.1) is 5.82 Å². The van der Waals surface area contributed by atoms with Gasteiger partial charge in [-0.15, -0.1) is 0 Å². The van der Waals surface area contributed by atoms with Crippen molar-refractivity contribution in [3.05, 3.63) is 57.2 Å². The third-order valence-corrected chi connectivity index (χ3v) is 3.47. The monoisotopic (exact) mass is 388 g/mol. The van der Waals surface area contributed by atoms with E-state index < -0.39 is 0 Å². The van der Waals surface area contributed by atoms with E-state index in [9.17, 15) is 4.39 Å². The van der Waals surface area contributed by atoms with E-state index in [1.165, 1.54) is 12.1 Å². The summed E-state index contributed by atoms with van der Waals surface area (Å²) in [5.41, 5.74) is 0. The van der Waals surface area contributed by atoms with E-state index in [2.05, 4.69) is 31.9 Å². The molecule has 0 aliphatic rings. The van der Waals surface area contributed by atoms with E-state index in [1.807, 2.05) is 24.3 Å². The molecule has 2 aromatic rings. The Hall–Kier alpha value is -1.07. The van der Waals surface area contributed by atoms with Crippen LogP contribution in [-0.2, 0) is 0 Å². The summed E-state index contributed by atoms with van der Waals surface area (Å²) in [5.74, 6) is 1.08. The molecular weight excluding hydrogens is 379 g/mol. The number of ether oxygens (including phenoxy) is 2. The lowest BCUT2D eigenvalue weighted by Crippen LogP contribution is -2.09. The van der Waals surface area contributed by atoms with Crippen LogP contribution in [0.4, 0.5) is 4.39 Å². The van der Waals surface area contributed by atoms with Crippen LogP contribution in [0.25, 0.3) is 0 Å². The van der Waals surface area contributed by atoms with Crippen molar-refractivity contribution in [3.8, 4) is 11.5 Å². The number of halogens is 3. The van der Waals surface area contributed by atoms with Gasteiger partial charge < -0.3 is 9.47 Å². The minimum Gasteiger partial charge on any atom is -0.490 e. The van der Waals surface area contributed by atoms with Crippen molar-refractivity contribution >= 4 is 31.9 Å². The quantitative estimate of drug-likeness (QED) is 0.683. The average molecular weight is 390 g/mol. The summed E-state index contributed by atoms with van der Waals surface area (Å²) in [7, 11) is 0. The Balaban J connectivity index is 1.79. The molecule has 2 nitrogen and oxygen atoms in total. The summed E-state index contributed by atoms with van der Waals surface area (Å²) in [4.78, 5) is 0. The van der Waals surface area contributed by atoms with Gasteiger partial charge in [-0.2, -0.15) is 0 Å². The highest BCUT2D eigenvalue weighted by Gasteiger charge is 2.02. The summed E-state index contributed by atoms with van der Waals surface area (Å²) in [6, 6.07) is 11.9. The van der Waals surface area contributed by atoms with Gasteiger partial charge in [-0.05, 0) is 58.4 Å². The zero-order chi connectivity index (χ0) is 13.7. The van der Waals surface area contributed by atoms with E-state index >= 15 is 0 Å². The third-order valence-electron chi connectivity index (χ3n) is 2.32. The Morgan fingerprint density at radius 3 is 2.26 bits per heavy atom. The Morgan fingerprint density at radius 1 is 0.895 bits per heavy atom. The highest BCUT2D eigenvalue weighted by molar-refractivity contribution is 9.10. The Bertz CT molecular complexity index is 544. The summed E-state index contributed by atoms with van der Waals surface area (Å²) in [6.07, 6.45) is 0. The van der Waals surface area contributed by atoms with Gasteiger partial charge in [0.2, 0.25) is 0 Å². The zero-order valence-corrected chi connectivity index (χ0v) is 13.1. The van der Waals surface area contributed by atoms with Crippen molar-refractivity contribution in [2.45, 2.75) is 0 Å². The first-order valence-electron chi connectivity index (χ1n) is 5.61. The molecule has 0 N–H and O–H groups in total. The molecule has 0 bridgehead atoms. The predicted molar refractivity (Wildman–Crippen MR) is 79.2 cm³/mol. The van der Waals surface area contributed by atoms with Gasteiger partial charge in [0.05, 0.1) is 4.47 Å². The fourth-order valence-corrected chi connectivity index (χ4v) is 2.16. The van der Waals surface area contributed by atoms with Crippen molar-refractivity contribution in [3.63, 3.8) is 0 Å². The van der Waals surface area contributed by atoms with Crippen LogP contribution in [0.5, 0.6) is 11.5 Å². The molecule has 2 rings (SSSR count). The fraction of sp³-hybridized carbons (Fsp3) is 0.143. The first-order valence-corrected chi connectivity index (χ1v) is 7.20. The van der Waals surface area contributed by atoms with Gasteiger partial charge in [0, 0.05) is 4.47 Å². The Labute approximate surface area is 127 Å². The first-order chi connectivity index (χ1) is 9.15. The molecule has 0 heterocycles. The molecule has 100 valence electrons. The van der Waals surface area contributed by atoms with Crippen molar-refractivity contribution in [2.24, 2.45) is 0 Å². The summed E-state index contributed by atoms with van der Waals surface area (Å²) >= 11 is 6.60. The Morgan fingerprint density at radius 2 is 1.58 bits per heavy atom. The number of hydrogen-bond acceptors (Lipinski definition) is 2. The highest BCUT2D eigenvalue weighted by atomic mass is 79.9. The normalized spacial score (nSPS) is 10.3. The minimum absolute atomic E-state index is 0.301. The highest BCUT2D eigenvalue weighted by Crippen LogP contribution is 2.25. The number of benzene rings is 2. The summed E-state index contributed by atoms with van der Waals surface area (Å²) < 4.78 is 25.5. The molecule has 2 aromatic carbocycles. The molecular formula is C14H11Br2FO2. The zero-order valence-electron chi connectivity index (χ0n) is 9.91. The van der Waals surface area contributed by atoms with E-state index in [1.54, 1.807) is 6.07 Å². The van der Waals surface area contributed by atoms with Crippen LogP contribution < -0.4 is 9.47 Å². The number of rotatable bonds is 5. The molecule has 0 saturated carbocycles. The van der Waals surface area contributed by atoms with Crippen LogP contribution in [-0.4, -0.2) is 13.2 Å². The first kappa shape index (κ1) is 14.3. The summed E-state index contributed by atoms with van der Waals surface area (Å²) in [5, 5.41) is 0. The lowest BCUT2D eigenvalue weighted by atomic mass is 10.3.